The van der Waals surface area contributed by atoms with E-state index in [0.717, 1.165) is 16.2 Å². The molecule has 0 radical (unpaired) electrons. The number of aliphatic hydroxyl groups excluding tert-OH is 1. The fourth-order valence-electron chi connectivity index (χ4n) is 3.44. The lowest BCUT2D eigenvalue weighted by Gasteiger charge is -2.22. The highest BCUT2D eigenvalue weighted by molar-refractivity contribution is 7.15. The Morgan fingerprint density at radius 3 is 2.50 bits per heavy atom. The minimum absolute atomic E-state index is 0.148. The number of aliphatic hydroxyl groups is 1. The largest absolute Gasteiger partial charge is 0.507 e. The standard InChI is InChI=1S/C21H16N4O6S/c1-11-22-23-21(32-11)24-17(13-4-3-5-14(10-13)25(29)30)16(19(27)20(24)28)18(26)12-6-8-15(31-2)9-7-12/h3-10,17,26H,1-2H3/t17-/m1/s1. The van der Waals surface area contributed by atoms with Crippen molar-refractivity contribution in [2.45, 2.75) is 13.0 Å². The van der Waals surface area contributed by atoms with E-state index < -0.39 is 28.4 Å². The number of amides is 1. The Hall–Kier alpha value is -4.12. The summed E-state index contributed by atoms with van der Waals surface area (Å²) in [7, 11) is 1.49. The zero-order valence-electron chi connectivity index (χ0n) is 16.9. The summed E-state index contributed by atoms with van der Waals surface area (Å²) in [5, 5.41) is 30.9. The van der Waals surface area contributed by atoms with Crippen LogP contribution >= 0.6 is 11.3 Å². The number of carbonyl (C=O) groups excluding carboxylic acids is 2. The summed E-state index contributed by atoms with van der Waals surface area (Å²) in [6.07, 6.45) is 0. The number of hydrogen-bond acceptors (Lipinski definition) is 9. The molecular weight excluding hydrogens is 436 g/mol. The van der Waals surface area contributed by atoms with Crippen LogP contribution in [0.15, 0.2) is 54.1 Å². The molecular formula is C21H16N4O6S. The number of non-ortho nitro benzene ring substituents is 1. The van der Waals surface area contributed by atoms with Crippen molar-refractivity contribution >= 4 is 39.6 Å². The van der Waals surface area contributed by atoms with Gasteiger partial charge in [-0.25, -0.2) is 0 Å². The first kappa shape index (κ1) is 21.1. The maximum atomic E-state index is 13.0. The monoisotopic (exact) mass is 452 g/mol. The molecule has 1 amide bonds. The highest BCUT2D eigenvalue weighted by Crippen LogP contribution is 2.43. The van der Waals surface area contributed by atoms with Gasteiger partial charge in [0.1, 0.15) is 16.5 Å². The van der Waals surface area contributed by atoms with Crippen LogP contribution in [0.4, 0.5) is 10.8 Å². The first-order valence-corrected chi connectivity index (χ1v) is 10.1. The predicted octanol–water partition coefficient (Wildman–Crippen LogP) is 3.39. The van der Waals surface area contributed by atoms with Crippen molar-refractivity contribution in [3.63, 3.8) is 0 Å². The molecule has 0 aliphatic carbocycles. The summed E-state index contributed by atoms with van der Waals surface area (Å²) in [6.45, 7) is 1.69. The zero-order valence-corrected chi connectivity index (χ0v) is 17.7. The van der Waals surface area contributed by atoms with E-state index in [9.17, 15) is 24.8 Å². The van der Waals surface area contributed by atoms with Crippen molar-refractivity contribution in [2.75, 3.05) is 12.0 Å². The summed E-state index contributed by atoms with van der Waals surface area (Å²) in [6, 6.07) is 10.7. The summed E-state index contributed by atoms with van der Waals surface area (Å²) in [5.74, 6) is -1.71. The Kier molecular flexibility index (Phi) is 5.41. The van der Waals surface area contributed by atoms with Crippen LogP contribution in [-0.4, -0.2) is 39.0 Å². The van der Waals surface area contributed by atoms with Gasteiger partial charge in [-0.15, -0.1) is 10.2 Å². The minimum atomic E-state index is -1.12. The van der Waals surface area contributed by atoms with Gasteiger partial charge in [-0.05, 0) is 36.8 Å². The number of benzene rings is 2. The Bertz CT molecular complexity index is 1270. The van der Waals surface area contributed by atoms with E-state index in [0.29, 0.717) is 10.8 Å². The fraction of sp³-hybridized carbons (Fsp3) is 0.143. The third-order valence-corrected chi connectivity index (χ3v) is 5.76. The van der Waals surface area contributed by atoms with Gasteiger partial charge >= 0.3 is 5.91 Å². The molecule has 0 spiro atoms. The van der Waals surface area contributed by atoms with Gasteiger partial charge in [-0.3, -0.25) is 24.6 Å². The number of nitro benzene ring substituents is 1. The minimum Gasteiger partial charge on any atom is -0.507 e. The lowest BCUT2D eigenvalue weighted by molar-refractivity contribution is -0.384. The number of anilines is 1. The summed E-state index contributed by atoms with van der Waals surface area (Å²) in [4.78, 5) is 37.9. The second-order valence-corrected chi connectivity index (χ2v) is 8.01. The molecule has 10 nitrogen and oxygen atoms in total. The fourth-order valence-corrected chi connectivity index (χ4v) is 4.16. The second-order valence-electron chi connectivity index (χ2n) is 6.85. The number of rotatable bonds is 5. The average molecular weight is 452 g/mol. The molecule has 0 bridgehead atoms. The third-order valence-electron chi connectivity index (χ3n) is 4.93. The van der Waals surface area contributed by atoms with Crippen molar-refractivity contribution in [1.82, 2.24) is 10.2 Å². The van der Waals surface area contributed by atoms with Crippen LogP contribution in [0.3, 0.4) is 0 Å². The maximum absolute atomic E-state index is 13.0. The zero-order chi connectivity index (χ0) is 23.0. The first-order chi connectivity index (χ1) is 15.3. The molecule has 1 N–H and O–H groups in total. The number of aryl methyl sites for hydroxylation is 1. The Morgan fingerprint density at radius 2 is 1.91 bits per heavy atom. The third kappa shape index (κ3) is 3.58. The number of nitrogens with zero attached hydrogens (tertiary/aromatic N) is 4. The average Bonchev–Trinajstić information content (AvgIpc) is 3.34. The molecule has 32 heavy (non-hydrogen) atoms. The molecule has 11 heteroatoms. The van der Waals surface area contributed by atoms with E-state index in [2.05, 4.69) is 10.2 Å². The molecule has 0 saturated carbocycles. The number of ether oxygens (including phenoxy) is 1. The highest BCUT2D eigenvalue weighted by atomic mass is 32.1. The van der Waals surface area contributed by atoms with Crippen molar-refractivity contribution in [3.8, 4) is 5.75 Å². The Labute approximate surface area is 185 Å². The maximum Gasteiger partial charge on any atom is 0.301 e. The molecule has 4 rings (SSSR count). The number of hydrogen-bond donors (Lipinski definition) is 1. The van der Waals surface area contributed by atoms with Crippen LogP contribution in [0, 0.1) is 17.0 Å². The van der Waals surface area contributed by atoms with Gasteiger partial charge in [0.05, 0.1) is 23.6 Å². The van der Waals surface area contributed by atoms with Crippen LogP contribution < -0.4 is 9.64 Å². The smallest absolute Gasteiger partial charge is 0.301 e. The number of aromatic nitrogens is 2. The van der Waals surface area contributed by atoms with E-state index in [1.807, 2.05) is 0 Å². The summed E-state index contributed by atoms with van der Waals surface area (Å²) < 4.78 is 5.11. The van der Waals surface area contributed by atoms with Crippen LogP contribution in [0.5, 0.6) is 5.75 Å². The highest BCUT2D eigenvalue weighted by Gasteiger charge is 2.48. The summed E-state index contributed by atoms with van der Waals surface area (Å²) in [5.41, 5.74) is 0.147. The molecule has 1 aliphatic rings. The number of nitro groups is 1. The van der Waals surface area contributed by atoms with Crippen LogP contribution in [0.25, 0.3) is 5.76 Å². The van der Waals surface area contributed by atoms with Gasteiger partial charge in [0.25, 0.3) is 11.5 Å². The van der Waals surface area contributed by atoms with Crippen LogP contribution in [0.1, 0.15) is 22.2 Å². The second kappa shape index (κ2) is 8.19. The molecule has 1 saturated heterocycles. The number of methoxy groups -OCH3 is 1. The molecule has 1 atom stereocenters. The summed E-state index contributed by atoms with van der Waals surface area (Å²) >= 11 is 1.09. The van der Waals surface area contributed by atoms with Gasteiger partial charge in [0, 0.05) is 17.7 Å². The molecule has 1 aliphatic heterocycles. The molecule has 1 aromatic heterocycles. The SMILES string of the molecule is COc1ccc(C(O)=C2C(=O)C(=O)N(c3nnc(C)s3)[C@@H]2c2cccc([N+](=O)[O-])c2)cc1. The van der Waals surface area contributed by atoms with Gasteiger partial charge in [0.2, 0.25) is 5.13 Å². The molecule has 162 valence electrons. The topological polar surface area (TPSA) is 136 Å². The van der Waals surface area contributed by atoms with Crippen molar-refractivity contribution < 1.29 is 24.4 Å². The van der Waals surface area contributed by atoms with Crippen LogP contribution in [0.2, 0.25) is 0 Å². The molecule has 2 heterocycles. The Balaban J connectivity index is 1.94. The van der Waals surface area contributed by atoms with Gasteiger partial charge in [0.15, 0.2) is 0 Å². The molecule has 2 aromatic carbocycles. The Morgan fingerprint density at radius 1 is 1.19 bits per heavy atom. The van der Waals surface area contributed by atoms with Gasteiger partial charge in [-0.2, -0.15) is 0 Å². The molecule has 0 unspecified atom stereocenters. The quantitative estimate of drug-likeness (QED) is 0.205. The number of Topliss-reactive ketones (excluding diaryl/α,β-unsaturated/α-hetero) is 1. The van der Waals surface area contributed by atoms with E-state index >= 15 is 0 Å². The van der Waals surface area contributed by atoms with E-state index in [1.165, 1.54) is 25.3 Å². The predicted molar refractivity (Wildman–Crippen MR) is 116 cm³/mol. The van der Waals surface area contributed by atoms with E-state index in [4.69, 9.17) is 4.74 Å². The number of carbonyl (C=O) groups is 2. The van der Waals surface area contributed by atoms with Crippen molar-refractivity contribution in [3.05, 3.63) is 80.4 Å². The van der Waals surface area contributed by atoms with Gasteiger partial charge < -0.3 is 9.84 Å². The molecule has 1 fully saturated rings. The van der Waals surface area contributed by atoms with Crippen molar-refractivity contribution in [2.24, 2.45) is 0 Å². The lowest BCUT2D eigenvalue weighted by atomic mass is 9.95. The van der Waals surface area contributed by atoms with E-state index in [1.54, 1.807) is 37.3 Å². The van der Waals surface area contributed by atoms with Crippen LogP contribution in [-0.2, 0) is 9.59 Å². The lowest BCUT2D eigenvalue weighted by Crippen LogP contribution is -2.29. The van der Waals surface area contributed by atoms with Gasteiger partial charge in [-0.1, -0.05) is 23.5 Å². The first-order valence-electron chi connectivity index (χ1n) is 9.31. The number of ketones is 1. The van der Waals surface area contributed by atoms with Crippen molar-refractivity contribution in [1.29, 1.82) is 0 Å². The normalized spacial score (nSPS) is 17.6. The molecule has 3 aromatic rings. The van der Waals surface area contributed by atoms with E-state index in [-0.39, 0.29) is 27.5 Å².